The molecule has 0 amide bonds. The van der Waals surface area contributed by atoms with Crippen LogP contribution < -0.4 is 0 Å². The maximum atomic E-state index is 11.0. The molecule has 0 aromatic carbocycles. The number of hydrogen-bond donors (Lipinski definition) is 1. The normalized spacial score (nSPS) is 44.6. The van der Waals surface area contributed by atoms with Gasteiger partial charge in [-0.1, -0.05) is 41.5 Å². The predicted molar refractivity (Wildman–Crippen MR) is 104 cm³/mol. The lowest BCUT2D eigenvalue weighted by Crippen LogP contribution is -2.63. The van der Waals surface area contributed by atoms with Gasteiger partial charge in [0.2, 0.25) is 0 Å². The van der Waals surface area contributed by atoms with Gasteiger partial charge in [0, 0.05) is 12.0 Å². The first-order chi connectivity index (χ1) is 10.8. The van der Waals surface area contributed by atoms with Crippen molar-refractivity contribution in [2.45, 2.75) is 97.9 Å². The molecule has 5 atom stereocenters. The van der Waals surface area contributed by atoms with E-state index in [0.29, 0.717) is 5.41 Å². The topological polar surface area (TPSA) is 29.5 Å². The van der Waals surface area contributed by atoms with Gasteiger partial charge in [-0.05, 0) is 72.9 Å². The van der Waals surface area contributed by atoms with Crippen molar-refractivity contribution in [1.29, 1.82) is 0 Å². The second-order valence-electron chi connectivity index (χ2n) is 11.6. The van der Waals surface area contributed by atoms with Crippen LogP contribution in [0, 0.1) is 28.1 Å². The summed E-state index contributed by atoms with van der Waals surface area (Å²) in [7, 11) is -1.78. The van der Waals surface area contributed by atoms with E-state index < -0.39 is 8.32 Å². The van der Waals surface area contributed by atoms with E-state index in [1.54, 1.807) is 0 Å². The highest BCUT2D eigenvalue weighted by Crippen LogP contribution is 2.73. The summed E-state index contributed by atoms with van der Waals surface area (Å²) < 4.78 is 6.71. The third-order valence-electron chi connectivity index (χ3n) is 9.16. The van der Waals surface area contributed by atoms with Crippen molar-refractivity contribution in [3.05, 3.63) is 0 Å². The summed E-state index contributed by atoms with van der Waals surface area (Å²) in [6.45, 7) is 19.8. The number of aliphatic hydroxyl groups excluding tert-OH is 1. The van der Waals surface area contributed by atoms with Gasteiger partial charge in [-0.3, -0.25) is 0 Å². The van der Waals surface area contributed by atoms with E-state index in [2.05, 4.69) is 54.6 Å². The molecule has 0 unspecified atom stereocenters. The molecule has 0 saturated heterocycles. The highest BCUT2D eigenvalue weighted by Gasteiger charge is 2.69. The van der Waals surface area contributed by atoms with E-state index in [4.69, 9.17) is 4.43 Å². The molecule has 0 aromatic rings. The lowest BCUT2D eigenvalue weighted by atomic mass is 9.39. The molecule has 0 spiro atoms. The lowest BCUT2D eigenvalue weighted by Gasteiger charge is -2.67. The summed E-state index contributed by atoms with van der Waals surface area (Å²) in [5.41, 5.74) is 0.779. The number of rotatable bonds is 3. The average Bonchev–Trinajstić information content (AvgIpc) is 2.68. The SMILES string of the molecule is CC1(C)C[C@H]2[C@H]1CC[C@]1(CO[Si](C)(C)C(C)(C)C)[C@H](O)CC[C@]21C. The van der Waals surface area contributed by atoms with Crippen LogP contribution in [0.4, 0.5) is 0 Å². The average molecular weight is 353 g/mol. The van der Waals surface area contributed by atoms with Gasteiger partial charge in [0.1, 0.15) is 0 Å². The first-order valence-corrected chi connectivity index (χ1v) is 13.0. The van der Waals surface area contributed by atoms with Crippen LogP contribution in [0.3, 0.4) is 0 Å². The van der Waals surface area contributed by atoms with Crippen molar-refractivity contribution in [2.24, 2.45) is 28.1 Å². The van der Waals surface area contributed by atoms with Crippen LogP contribution in [0.2, 0.25) is 18.1 Å². The van der Waals surface area contributed by atoms with Crippen LogP contribution in [0.1, 0.15) is 73.6 Å². The molecule has 3 aliphatic rings. The Hall–Kier alpha value is 0.137. The Balaban J connectivity index is 1.85. The standard InChI is InChI=1S/C21H40O2Si/c1-18(2,3)24(7,8)23-14-21-12-9-15-16(13-19(15,4)5)20(21,6)11-10-17(21)22/h15-17,22H,9-14H2,1-8H3/t15-,16+,17-,20-,21+/m1/s1. The maximum absolute atomic E-state index is 11.0. The van der Waals surface area contributed by atoms with Gasteiger partial charge in [0.15, 0.2) is 8.32 Å². The second kappa shape index (κ2) is 5.33. The van der Waals surface area contributed by atoms with Crippen molar-refractivity contribution in [3.8, 4) is 0 Å². The largest absolute Gasteiger partial charge is 0.416 e. The third-order valence-corrected chi connectivity index (χ3v) is 13.6. The first kappa shape index (κ1) is 18.9. The smallest absolute Gasteiger partial charge is 0.192 e. The van der Waals surface area contributed by atoms with Gasteiger partial charge in [-0.2, -0.15) is 0 Å². The molecule has 2 nitrogen and oxygen atoms in total. The van der Waals surface area contributed by atoms with Crippen LogP contribution in [-0.2, 0) is 4.43 Å². The minimum Gasteiger partial charge on any atom is -0.416 e. The molecule has 3 heteroatoms. The Bertz CT molecular complexity index is 506. The maximum Gasteiger partial charge on any atom is 0.192 e. The third kappa shape index (κ3) is 2.40. The zero-order chi connectivity index (χ0) is 18.2. The molecule has 0 bridgehead atoms. The summed E-state index contributed by atoms with van der Waals surface area (Å²) >= 11 is 0. The molecule has 1 N–H and O–H groups in total. The molecule has 3 fully saturated rings. The highest BCUT2D eigenvalue weighted by atomic mass is 28.4. The zero-order valence-electron chi connectivity index (χ0n) is 17.3. The van der Waals surface area contributed by atoms with Crippen molar-refractivity contribution in [1.82, 2.24) is 0 Å². The van der Waals surface area contributed by atoms with Crippen LogP contribution in [-0.4, -0.2) is 26.1 Å². The molecule has 24 heavy (non-hydrogen) atoms. The Morgan fingerprint density at radius 3 is 2.21 bits per heavy atom. The minimum atomic E-state index is -1.78. The Morgan fingerprint density at radius 2 is 1.67 bits per heavy atom. The van der Waals surface area contributed by atoms with E-state index in [1.807, 2.05) is 0 Å². The Morgan fingerprint density at radius 1 is 1.04 bits per heavy atom. The fraction of sp³-hybridized carbons (Fsp3) is 1.00. The zero-order valence-corrected chi connectivity index (χ0v) is 18.3. The molecule has 3 saturated carbocycles. The molecular formula is C21H40O2Si. The van der Waals surface area contributed by atoms with Crippen LogP contribution in [0.5, 0.6) is 0 Å². The molecule has 0 heterocycles. The molecule has 3 rings (SSSR count). The Labute approximate surface area is 150 Å². The summed E-state index contributed by atoms with van der Waals surface area (Å²) in [6.07, 6.45) is 5.77. The monoisotopic (exact) mass is 352 g/mol. The van der Waals surface area contributed by atoms with E-state index in [0.717, 1.165) is 31.3 Å². The molecule has 0 radical (unpaired) electrons. The van der Waals surface area contributed by atoms with Gasteiger partial charge in [-0.15, -0.1) is 0 Å². The number of hydrogen-bond acceptors (Lipinski definition) is 2. The number of fused-ring (bicyclic) bond motifs is 3. The molecule has 0 aromatic heterocycles. The van der Waals surface area contributed by atoms with Gasteiger partial charge in [0.05, 0.1) is 6.10 Å². The minimum absolute atomic E-state index is 0.000185. The fourth-order valence-electron chi connectivity index (χ4n) is 6.13. The van der Waals surface area contributed by atoms with Gasteiger partial charge in [-0.25, -0.2) is 0 Å². The highest BCUT2D eigenvalue weighted by molar-refractivity contribution is 6.74. The van der Waals surface area contributed by atoms with E-state index in [9.17, 15) is 5.11 Å². The van der Waals surface area contributed by atoms with Crippen molar-refractivity contribution in [3.63, 3.8) is 0 Å². The molecular weight excluding hydrogens is 312 g/mol. The molecule has 140 valence electrons. The van der Waals surface area contributed by atoms with E-state index in [1.165, 1.54) is 19.3 Å². The summed E-state index contributed by atoms with van der Waals surface area (Å²) in [5, 5.41) is 11.3. The summed E-state index contributed by atoms with van der Waals surface area (Å²) in [4.78, 5) is 0. The summed E-state index contributed by atoms with van der Waals surface area (Å²) in [6, 6.07) is 0. The number of aliphatic hydroxyl groups is 1. The van der Waals surface area contributed by atoms with Gasteiger partial charge >= 0.3 is 0 Å². The quantitative estimate of drug-likeness (QED) is 0.669. The second-order valence-corrected chi connectivity index (χ2v) is 16.4. The van der Waals surface area contributed by atoms with Gasteiger partial charge < -0.3 is 9.53 Å². The lowest BCUT2D eigenvalue weighted by molar-refractivity contribution is -0.201. The van der Waals surface area contributed by atoms with Crippen molar-refractivity contribution >= 4 is 8.32 Å². The fourth-order valence-corrected chi connectivity index (χ4v) is 7.18. The summed E-state index contributed by atoms with van der Waals surface area (Å²) in [5.74, 6) is 1.65. The predicted octanol–water partition coefficient (Wildman–Crippen LogP) is 5.61. The first-order valence-electron chi connectivity index (χ1n) is 10.1. The molecule has 0 aliphatic heterocycles. The van der Waals surface area contributed by atoms with Crippen LogP contribution in [0.25, 0.3) is 0 Å². The van der Waals surface area contributed by atoms with Crippen LogP contribution in [0.15, 0.2) is 0 Å². The van der Waals surface area contributed by atoms with Crippen LogP contribution >= 0.6 is 0 Å². The van der Waals surface area contributed by atoms with Crippen molar-refractivity contribution in [2.75, 3.05) is 6.61 Å². The van der Waals surface area contributed by atoms with E-state index in [-0.39, 0.29) is 22.0 Å². The Kier molecular flexibility index (Phi) is 4.20. The van der Waals surface area contributed by atoms with Gasteiger partial charge in [0.25, 0.3) is 0 Å². The molecule has 3 aliphatic carbocycles. The van der Waals surface area contributed by atoms with Crippen molar-refractivity contribution < 1.29 is 9.53 Å². The van der Waals surface area contributed by atoms with E-state index >= 15 is 0 Å².